The van der Waals surface area contributed by atoms with Gasteiger partial charge in [-0.1, -0.05) is 22.9 Å². The highest BCUT2D eigenvalue weighted by molar-refractivity contribution is 9.10. The lowest BCUT2D eigenvalue weighted by atomic mass is 10.2. The SMILES string of the molecule is CCCSc1ccc(C=O)c(Br)c1. The van der Waals surface area contributed by atoms with E-state index < -0.39 is 0 Å². The predicted octanol–water partition coefficient (Wildman–Crippen LogP) is 3.76. The van der Waals surface area contributed by atoms with E-state index in [4.69, 9.17) is 0 Å². The molecule has 3 heteroatoms. The molecule has 1 aromatic carbocycles. The molecule has 0 bridgehead atoms. The summed E-state index contributed by atoms with van der Waals surface area (Å²) in [4.78, 5) is 11.7. The van der Waals surface area contributed by atoms with Crippen LogP contribution in [0.4, 0.5) is 0 Å². The second-order valence-electron chi connectivity index (χ2n) is 2.65. The Morgan fingerprint density at radius 2 is 2.31 bits per heavy atom. The highest BCUT2D eigenvalue weighted by Gasteiger charge is 1.99. The van der Waals surface area contributed by atoms with Gasteiger partial charge in [0.15, 0.2) is 6.29 Å². The fraction of sp³-hybridized carbons (Fsp3) is 0.300. The maximum Gasteiger partial charge on any atom is 0.151 e. The Morgan fingerprint density at radius 3 is 2.85 bits per heavy atom. The molecule has 1 nitrogen and oxygen atoms in total. The third-order valence-electron chi connectivity index (χ3n) is 1.57. The molecule has 0 saturated carbocycles. The Labute approximate surface area is 91.0 Å². The number of rotatable bonds is 4. The normalized spacial score (nSPS) is 10.0. The monoisotopic (exact) mass is 258 g/mol. The van der Waals surface area contributed by atoms with Gasteiger partial charge in [0.1, 0.15) is 0 Å². The van der Waals surface area contributed by atoms with E-state index in [1.165, 1.54) is 4.90 Å². The molecular formula is C10H11BrOS. The first-order chi connectivity index (χ1) is 6.27. The third-order valence-corrected chi connectivity index (χ3v) is 3.46. The molecule has 70 valence electrons. The van der Waals surface area contributed by atoms with Crippen LogP contribution in [-0.4, -0.2) is 12.0 Å². The Hall–Kier alpha value is -0.280. The van der Waals surface area contributed by atoms with E-state index in [-0.39, 0.29) is 0 Å². The molecule has 0 atom stereocenters. The van der Waals surface area contributed by atoms with Crippen LogP contribution in [0.25, 0.3) is 0 Å². The molecule has 0 saturated heterocycles. The number of aldehydes is 1. The largest absolute Gasteiger partial charge is 0.298 e. The molecule has 0 unspecified atom stereocenters. The van der Waals surface area contributed by atoms with Gasteiger partial charge in [0.2, 0.25) is 0 Å². The fourth-order valence-electron chi connectivity index (χ4n) is 0.913. The summed E-state index contributed by atoms with van der Waals surface area (Å²) >= 11 is 5.16. The summed E-state index contributed by atoms with van der Waals surface area (Å²) in [5.41, 5.74) is 0.709. The Kier molecular flexibility index (Phi) is 4.53. The van der Waals surface area contributed by atoms with E-state index in [2.05, 4.69) is 22.9 Å². The second kappa shape index (κ2) is 5.45. The molecule has 1 aromatic rings. The third kappa shape index (κ3) is 3.16. The molecule has 0 heterocycles. The van der Waals surface area contributed by atoms with E-state index in [0.29, 0.717) is 5.56 Å². The molecule has 0 N–H and O–H groups in total. The Balaban J connectivity index is 2.77. The van der Waals surface area contributed by atoms with Crippen LogP contribution >= 0.6 is 27.7 Å². The van der Waals surface area contributed by atoms with Gasteiger partial charge >= 0.3 is 0 Å². The lowest BCUT2D eigenvalue weighted by molar-refractivity contribution is 0.112. The first-order valence-corrected chi connectivity index (χ1v) is 5.93. The summed E-state index contributed by atoms with van der Waals surface area (Å²) in [5.74, 6) is 1.12. The van der Waals surface area contributed by atoms with E-state index in [0.717, 1.165) is 22.9 Å². The molecule has 1 rings (SSSR count). The van der Waals surface area contributed by atoms with Crippen molar-refractivity contribution >= 4 is 34.0 Å². The quantitative estimate of drug-likeness (QED) is 0.605. The zero-order valence-electron chi connectivity index (χ0n) is 7.42. The van der Waals surface area contributed by atoms with Gasteiger partial charge in [-0.3, -0.25) is 4.79 Å². The van der Waals surface area contributed by atoms with Gasteiger partial charge in [-0.25, -0.2) is 0 Å². The highest BCUT2D eigenvalue weighted by atomic mass is 79.9. The second-order valence-corrected chi connectivity index (χ2v) is 4.67. The minimum Gasteiger partial charge on any atom is -0.298 e. The average Bonchev–Trinajstić information content (AvgIpc) is 2.15. The molecule has 0 fully saturated rings. The summed E-state index contributed by atoms with van der Waals surface area (Å²) < 4.78 is 0.878. The van der Waals surface area contributed by atoms with Crippen molar-refractivity contribution in [1.29, 1.82) is 0 Å². The number of carbonyl (C=O) groups excluding carboxylic acids is 1. The van der Waals surface area contributed by atoms with Crippen LogP contribution < -0.4 is 0 Å². The van der Waals surface area contributed by atoms with Crippen molar-refractivity contribution in [2.24, 2.45) is 0 Å². The molecule has 0 aliphatic carbocycles. The maximum absolute atomic E-state index is 10.5. The van der Waals surface area contributed by atoms with Gasteiger partial charge in [-0.2, -0.15) is 0 Å². The number of thioether (sulfide) groups is 1. The van der Waals surface area contributed by atoms with Crippen molar-refractivity contribution in [1.82, 2.24) is 0 Å². The van der Waals surface area contributed by atoms with Crippen LogP contribution in [0.1, 0.15) is 23.7 Å². The fourth-order valence-corrected chi connectivity index (χ4v) is 2.34. The molecule has 0 aliphatic heterocycles. The topological polar surface area (TPSA) is 17.1 Å². The van der Waals surface area contributed by atoms with Crippen molar-refractivity contribution in [3.8, 4) is 0 Å². The minimum atomic E-state index is 0.709. The van der Waals surface area contributed by atoms with Gasteiger partial charge < -0.3 is 0 Å². The molecule has 0 aromatic heterocycles. The predicted molar refractivity (Wildman–Crippen MR) is 60.5 cm³/mol. The molecule has 0 aliphatic rings. The van der Waals surface area contributed by atoms with Crippen LogP contribution in [0.5, 0.6) is 0 Å². The van der Waals surface area contributed by atoms with Gasteiger partial charge in [0.25, 0.3) is 0 Å². The van der Waals surface area contributed by atoms with Crippen molar-refractivity contribution < 1.29 is 4.79 Å². The minimum absolute atomic E-state index is 0.709. The number of halogens is 1. The van der Waals surface area contributed by atoms with Gasteiger partial charge in [-0.15, -0.1) is 11.8 Å². The smallest absolute Gasteiger partial charge is 0.151 e. The van der Waals surface area contributed by atoms with E-state index in [1.807, 2.05) is 30.0 Å². The summed E-state index contributed by atoms with van der Waals surface area (Å²) in [6, 6.07) is 5.81. The Bertz CT molecular complexity index is 299. The van der Waals surface area contributed by atoms with Gasteiger partial charge in [-0.05, 0) is 30.4 Å². The lowest BCUT2D eigenvalue weighted by Crippen LogP contribution is -1.83. The highest BCUT2D eigenvalue weighted by Crippen LogP contribution is 2.24. The zero-order chi connectivity index (χ0) is 9.68. The summed E-state index contributed by atoms with van der Waals surface area (Å²) in [5, 5.41) is 0. The van der Waals surface area contributed by atoms with Crippen LogP contribution in [0, 0.1) is 0 Å². The van der Waals surface area contributed by atoms with Crippen LogP contribution in [-0.2, 0) is 0 Å². The average molecular weight is 259 g/mol. The Morgan fingerprint density at radius 1 is 1.54 bits per heavy atom. The molecule has 0 radical (unpaired) electrons. The van der Waals surface area contributed by atoms with Gasteiger partial charge in [0.05, 0.1) is 0 Å². The van der Waals surface area contributed by atoms with E-state index >= 15 is 0 Å². The van der Waals surface area contributed by atoms with Gasteiger partial charge in [0, 0.05) is 14.9 Å². The summed E-state index contributed by atoms with van der Waals surface area (Å²) in [6.07, 6.45) is 2.02. The van der Waals surface area contributed by atoms with Crippen molar-refractivity contribution in [2.45, 2.75) is 18.2 Å². The molecular weight excluding hydrogens is 248 g/mol. The number of hydrogen-bond acceptors (Lipinski definition) is 2. The van der Waals surface area contributed by atoms with E-state index in [1.54, 1.807) is 0 Å². The summed E-state index contributed by atoms with van der Waals surface area (Å²) in [6.45, 7) is 2.15. The van der Waals surface area contributed by atoms with Crippen molar-refractivity contribution in [3.05, 3.63) is 28.2 Å². The van der Waals surface area contributed by atoms with Crippen LogP contribution in [0.3, 0.4) is 0 Å². The molecule has 13 heavy (non-hydrogen) atoms. The molecule has 0 amide bonds. The number of carbonyl (C=O) groups is 1. The maximum atomic E-state index is 10.5. The first-order valence-electron chi connectivity index (χ1n) is 4.15. The van der Waals surface area contributed by atoms with Crippen LogP contribution in [0.2, 0.25) is 0 Å². The standard InChI is InChI=1S/C10H11BrOS/c1-2-5-13-9-4-3-8(7-12)10(11)6-9/h3-4,6-7H,2,5H2,1H3. The summed E-state index contributed by atoms with van der Waals surface area (Å²) in [7, 11) is 0. The van der Waals surface area contributed by atoms with Crippen LogP contribution in [0.15, 0.2) is 27.6 Å². The lowest BCUT2D eigenvalue weighted by Gasteiger charge is -2.01. The number of hydrogen-bond donors (Lipinski definition) is 0. The zero-order valence-corrected chi connectivity index (χ0v) is 9.82. The molecule has 0 spiro atoms. The van der Waals surface area contributed by atoms with E-state index in [9.17, 15) is 4.79 Å². The first kappa shape index (κ1) is 10.8. The number of benzene rings is 1. The van der Waals surface area contributed by atoms with Crippen molar-refractivity contribution in [2.75, 3.05) is 5.75 Å². The van der Waals surface area contributed by atoms with Crippen molar-refractivity contribution in [3.63, 3.8) is 0 Å².